The molecular weight excluding hydrogens is 381 g/mol. The van der Waals surface area contributed by atoms with Gasteiger partial charge in [0.05, 0.1) is 24.7 Å². The van der Waals surface area contributed by atoms with Crippen molar-refractivity contribution < 1.29 is 9.13 Å². The van der Waals surface area contributed by atoms with Gasteiger partial charge in [-0.2, -0.15) is 0 Å². The average molecular weight is 405 g/mol. The Balaban J connectivity index is 1.12. The zero-order valence-electron chi connectivity index (χ0n) is 16.9. The molecule has 30 heavy (non-hydrogen) atoms. The first-order chi connectivity index (χ1) is 14.7. The summed E-state index contributed by atoms with van der Waals surface area (Å²) in [6.45, 7) is 4.83. The van der Waals surface area contributed by atoms with Crippen LogP contribution in [0.3, 0.4) is 0 Å². The molecule has 7 heteroatoms. The van der Waals surface area contributed by atoms with Gasteiger partial charge in [0.15, 0.2) is 5.82 Å². The summed E-state index contributed by atoms with van der Waals surface area (Å²) in [6, 6.07) is 5.25. The van der Waals surface area contributed by atoms with Crippen LogP contribution in [-0.2, 0) is 6.42 Å². The quantitative estimate of drug-likeness (QED) is 0.596. The molecule has 0 bridgehead atoms. The minimum Gasteiger partial charge on any atom is -0.492 e. The Labute approximate surface area is 175 Å². The molecule has 1 saturated heterocycles. The van der Waals surface area contributed by atoms with E-state index in [4.69, 9.17) is 4.74 Å². The van der Waals surface area contributed by atoms with E-state index in [-0.39, 0.29) is 5.82 Å². The van der Waals surface area contributed by atoms with Crippen LogP contribution in [0.15, 0.2) is 49.2 Å². The molecule has 2 aliphatic rings. The van der Waals surface area contributed by atoms with Crippen LogP contribution in [0.5, 0.6) is 5.75 Å². The maximum atomic E-state index is 13.8. The van der Waals surface area contributed by atoms with Crippen LogP contribution in [0.4, 0.5) is 10.3 Å². The molecule has 2 fully saturated rings. The van der Waals surface area contributed by atoms with Crippen molar-refractivity contribution in [2.45, 2.75) is 19.8 Å². The number of hydrogen-bond acceptors (Lipinski definition) is 6. The fourth-order valence-corrected chi connectivity index (χ4v) is 4.39. The Kier molecular flexibility index (Phi) is 5.02. The SMILES string of the molecule is CCCc1cnc(N2C[C@@H]3C(COc4ccc(-c5ccncc5F)nc4)[C@@H]3C2)nc1. The molecule has 0 radical (unpaired) electrons. The number of anilines is 1. The van der Waals surface area contributed by atoms with E-state index in [0.29, 0.717) is 41.4 Å². The molecule has 3 aromatic heterocycles. The third-order valence-electron chi connectivity index (χ3n) is 6.11. The highest BCUT2D eigenvalue weighted by Gasteiger charge is 2.56. The van der Waals surface area contributed by atoms with Crippen molar-refractivity contribution in [3.8, 4) is 17.0 Å². The second kappa shape index (κ2) is 7.97. The molecule has 3 aromatic rings. The van der Waals surface area contributed by atoms with Crippen molar-refractivity contribution in [1.82, 2.24) is 19.9 Å². The summed E-state index contributed by atoms with van der Waals surface area (Å²) in [5.41, 5.74) is 2.22. The van der Waals surface area contributed by atoms with Crippen molar-refractivity contribution in [1.29, 1.82) is 0 Å². The molecule has 0 amide bonds. The van der Waals surface area contributed by atoms with Gasteiger partial charge < -0.3 is 9.64 Å². The molecule has 3 atom stereocenters. The Morgan fingerprint density at radius 1 is 1.03 bits per heavy atom. The number of ether oxygens (including phenoxy) is 1. The molecule has 4 heterocycles. The van der Waals surface area contributed by atoms with Crippen molar-refractivity contribution in [3.63, 3.8) is 0 Å². The standard InChI is InChI=1S/C23H24FN5O/c1-2-3-15-8-27-23(28-9-15)29-12-18-19(13-29)20(18)14-30-16-4-5-22(26-10-16)17-6-7-25-11-21(17)24/h4-11,18-20H,2-3,12-14H2,1H3/t18-,19+,20?. The Hall–Kier alpha value is -3.09. The maximum Gasteiger partial charge on any atom is 0.225 e. The zero-order chi connectivity index (χ0) is 20.5. The molecule has 5 rings (SSSR count). The number of aryl methyl sites for hydroxylation is 1. The first-order valence-corrected chi connectivity index (χ1v) is 10.5. The molecule has 1 aliphatic heterocycles. The van der Waals surface area contributed by atoms with Gasteiger partial charge >= 0.3 is 0 Å². The third kappa shape index (κ3) is 3.72. The maximum absolute atomic E-state index is 13.8. The zero-order valence-corrected chi connectivity index (χ0v) is 16.9. The third-order valence-corrected chi connectivity index (χ3v) is 6.11. The van der Waals surface area contributed by atoms with E-state index in [1.54, 1.807) is 24.5 Å². The van der Waals surface area contributed by atoms with Crippen LogP contribution in [0.1, 0.15) is 18.9 Å². The number of rotatable bonds is 7. The number of halogens is 1. The lowest BCUT2D eigenvalue weighted by Crippen LogP contribution is -2.27. The molecule has 0 aromatic carbocycles. The summed E-state index contributed by atoms with van der Waals surface area (Å²) in [4.78, 5) is 19.5. The van der Waals surface area contributed by atoms with Crippen LogP contribution >= 0.6 is 0 Å². The van der Waals surface area contributed by atoms with Crippen molar-refractivity contribution in [3.05, 3.63) is 60.6 Å². The normalized spacial score (nSPS) is 22.1. The smallest absolute Gasteiger partial charge is 0.225 e. The summed E-state index contributed by atoms with van der Waals surface area (Å²) in [5.74, 6) is 3.02. The van der Waals surface area contributed by atoms with E-state index in [0.717, 1.165) is 31.9 Å². The van der Waals surface area contributed by atoms with E-state index < -0.39 is 0 Å². The van der Waals surface area contributed by atoms with Crippen LogP contribution in [-0.4, -0.2) is 39.6 Å². The summed E-state index contributed by atoms with van der Waals surface area (Å²) in [7, 11) is 0. The van der Waals surface area contributed by atoms with Gasteiger partial charge in [0.2, 0.25) is 5.95 Å². The van der Waals surface area contributed by atoms with Gasteiger partial charge in [0.1, 0.15) is 5.75 Å². The molecule has 1 saturated carbocycles. The van der Waals surface area contributed by atoms with Crippen molar-refractivity contribution in [2.24, 2.45) is 17.8 Å². The lowest BCUT2D eigenvalue weighted by molar-refractivity contribution is 0.282. The van der Waals surface area contributed by atoms with Gasteiger partial charge in [-0.15, -0.1) is 0 Å². The molecule has 0 spiro atoms. The lowest BCUT2D eigenvalue weighted by Gasteiger charge is -2.19. The van der Waals surface area contributed by atoms with Crippen LogP contribution in [0.2, 0.25) is 0 Å². The molecule has 0 N–H and O–H groups in total. The predicted molar refractivity (Wildman–Crippen MR) is 112 cm³/mol. The van der Waals surface area contributed by atoms with Gasteiger partial charge in [0.25, 0.3) is 0 Å². The largest absolute Gasteiger partial charge is 0.492 e. The Morgan fingerprint density at radius 2 is 1.83 bits per heavy atom. The van der Waals surface area contributed by atoms with Gasteiger partial charge in [0, 0.05) is 43.2 Å². The second-order valence-corrected chi connectivity index (χ2v) is 8.08. The fraction of sp³-hybridized carbons (Fsp3) is 0.391. The number of hydrogen-bond donors (Lipinski definition) is 0. The summed E-state index contributed by atoms with van der Waals surface area (Å²) in [5, 5.41) is 0. The number of aromatic nitrogens is 4. The van der Waals surface area contributed by atoms with E-state index in [9.17, 15) is 4.39 Å². The Morgan fingerprint density at radius 3 is 2.50 bits per heavy atom. The van der Waals surface area contributed by atoms with Crippen molar-refractivity contribution >= 4 is 5.95 Å². The van der Waals surface area contributed by atoms with Crippen LogP contribution < -0.4 is 9.64 Å². The van der Waals surface area contributed by atoms with Crippen LogP contribution in [0, 0.1) is 23.6 Å². The molecular formula is C23H24FN5O. The number of pyridine rings is 2. The molecule has 1 aliphatic carbocycles. The molecule has 6 nitrogen and oxygen atoms in total. The van der Waals surface area contributed by atoms with Crippen molar-refractivity contribution in [2.75, 3.05) is 24.6 Å². The highest BCUT2D eigenvalue weighted by Crippen LogP contribution is 2.52. The highest BCUT2D eigenvalue weighted by atomic mass is 19.1. The van der Waals surface area contributed by atoms with Gasteiger partial charge in [-0.05, 0) is 42.0 Å². The predicted octanol–water partition coefficient (Wildman–Crippen LogP) is 3.79. The van der Waals surface area contributed by atoms with Gasteiger partial charge in [-0.3, -0.25) is 9.97 Å². The first kappa shape index (κ1) is 18.9. The van der Waals surface area contributed by atoms with Gasteiger partial charge in [-0.25, -0.2) is 14.4 Å². The highest BCUT2D eigenvalue weighted by molar-refractivity contribution is 5.59. The van der Waals surface area contributed by atoms with Gasteiger partial charge in [-0.1, -0.05) is 13.3 Å². The van der Waals surface area contributed by atoms with E-state index in [1.165, 1.54) is 11.8 Å². The molecule has 154 valence electrons. The fourth-order valence-electron chi connectivity index (χ4n) is 4.39. The number of nitrogens with zero attached hydrogens (tertiary/aromatic N) is 5. The van der Waals surface area contributed by atoms with E-state index in [2.05, 4.69) is 31.8 Å². The van der Waals surface area contributed by atoms with Crippen LogP contribution in [0.25, 0.3) is 11.3 Å². The minimum absolute atomic E-state index is 0.377. The summed E-state index contributed by atoms with van der Waals surface area (Å²) in [6.07, 6.45) is 10.4. The summed E-state index contributed by atoms with van der Waals surface area (Å²) < 4.78 is 19.8. The Bertz CT molecular complexity index is 999. The van der Waals surface area contributed by atoms with E-state index >= 15 is 0 Å². The number of piperidine rings is 1. The number of fused-ring (bicyclic) bond motifs is 1. The summed E-state index contributed by atoms with van der Waals surface area (Å²) >= 11 is 0. The first-order valence-electron chi connectivity index (χ1n) is 10.5. The lowest BCUT2D eigenvalue weighted by atomic mass is 10.2. The average Bonchev–Trinajstić information content (AvgIpc) is 3.22. The monoisotopic (exact) mass is 405 g/mol. The molecule has 1 unspecified atom stereocenters. The second-order valence-electron chi connectivity index (χ2n) is 8.08. The topological polar surface area (TPSA) is 64.0 Å². The minimum atomic E-state index is -0.377. The van der Waals surface area contributed by atoms with E-state index in [1.807, 2.05) is 18.5 Å².